The van der Waals surface area contributed by atoms with Crippen LogP contribution in [0, 0.1) is 0 Å². The number of aromatic amines is 1. The van der Waals surface area contributed by atoms with E-state index in [9.17, 15) is 9.59 Å². The number of carbonyl (C=O) groups is 1. The molecule has 0 unspecified atom stereocenters. The van der Waals surface area contributed by atoms with Crippen molar-refractivity contribution < 1.29 is 9.53 Å². The Labute approximate surface area is 137 Å². The lowest BCUT2D eigenvalue weighted by Crippen LogP contribution is -2.19. The number of aromatic nitrogens is 1. The van der Waals surface area contributed by atoms with Crippen molar-refractivity contribution in [2.75, 3.05) is 7.11 Å². The van der Waals surface area contributed by atoms with Crippen LogP contribution >= 0.6 is 11.6 Å². The normalized spacial score (nSPS) is 10.7. The molecule has 0 radical (unpaired) electrons. The quantitative estimate of drug-likeness (QED) is 0.748. The highest BCUT2D eigenvalue weighted by Crippen LogP contribution is 2.31. The number of H-pyrrole nitrogens is 1. The third kappa shape index (κ3) is 2.98. The van der Waals surface area contributed by atoms with Gasteiger partial charge in [-0.2, -0.15) is 0 Å². The number of hydrogen-bond acceptors (Lipinski definition) is 3. The molecule has 2 aromatic carbocycles. The Hall–Kier alpha value is -2.59. The first-order chi connectivity index (χ1) is 11.1. The van der Waals surface area contributed by atoms with Gasteiger partial charge in [0.1, 0.15) is 0 Å². The summed E-state index contributed by atoms with van der Waals surface area (Å²) >= 11 is 6.12. The molecule has 0 bridgehead atoms. The van der Waals surface area contributed by atoms with Gasteiger partial charge in [0.25, 0.3) is 5.56 Å². The molecule has 0 saturated carbocycles. The number of halogens is 1. The summed E-state index contributed by atoms with van der Waals surface area (Å²) < 4.78 is 4.72. The maximum absolute atomic E-state index is 12.5. The molecule has 23 heavy (non-hydrogen) atoms. The van der Waals surface area contributed by atoms with E-state index in [4.69, 9.17) is 16.3 Å². The zero-order chi connectivity index (χ0) is 16.4. The Morgan fingerprint density at radius 1 is 1.17 bits per heavy atom. The zero-order valence-corrected chi connectivity index (χ0v) is 13.2. The van der Waals surface area contributed by atoms with E-state index in [0.717, 1.165) is 10.9 Å². The van der Waals surface area contributed by atoms with Crippen LogP contribution < -0.4 is 5.56 Å². The van der Waals surface area contributed by atoms with E-state index in [2.05, 4.69) is 4.98 Å². The molecule has 0 spiro atoms. The minimum atomic E-state index is -0.464. The van der Waals surface area contributed by atoms with Gasteiger partial charge in [-0.1, -0.05) is 41.9 Å². The first-order valence-corrected chi connectivity index (χ1v) is 7.44. The molecule has 0 aliphatic heterocycles. The van der Waals surface area contributed by atoms with E-state index in [1.807, 2.05) is 30.3 Å². The molecule has 0 amide bonds. The number of ether oxygens (including phenoxy) is 1. The summed E-state index contributed by atoms with van der Waals surface area (Å²) in [5.41, 5.74) is 2.30. The Morgan fingerprint density at radius 3 is 2.61 bits per heavy atom. The minimum absolute atomic E-state index is 0.0987. The molecule has 1 heterocycles. The first-order valence-electron chi connectivity index (χ1n) is 7.07. The molecule has 0 aliphatic carbocycles. The summed E-state index contributed by atoms with van der Waals surface area (Å²) in [5, 5.41) is 1.35. The maximum Gasteiger partial charge on any atom is 0.310 e. The monoisotopic (exact) mass is 327 g/mol. The third-order valence-corrected chi connectivity index (χ3v) is 3.92. The lowest BCUT2D eigenvalue weighted by Gasteiger charge is -2.12. The summed E-state index contributed by atoms with van der Waals surface area (Å²) in [5.74, 6) is -0.464. The summed E-state index contributed by atoms with van der Waals surface area (Å²) in [6.07, 6.45) is -0.0987. The molecule has 3 aromatic rings. The minimum Gasteiger partial charge on any atom is -0.469 e. The summed E-state index contributed by atoms with van der Waals surface area (Å²) in [6.45, 7) is 0. The molecule has 116 valence electrons. The number of hydrogen-bond donors (Lipinski definition) is 1. The second-order valence-electron chi connectivity index (χ2n) is 5.12. The van der Waals surface area contributed by atoms with E-state index in [0.29, 0.717) is 21.7 Å². The van der Waals surface area contributed by atoms with Gasteiger partial charge in [-0.15, -0.1) is 0 Å². The van der Waals surface area contributed by atoms with Gasteiger partial charge in [-0.3, -0.25) is 9.59 Å². The third-order valence-electron chi connectivity index (χ3n) is 3.69. The molecule has 1 N–H and O–H groups in total. The van der Waals surface area contributed by atoms with Crippen LogP contribution in [0.15, 0.2) is 53.3 Å². The summed E-state index contributed by atoms with van der Waals surface area (Å²) in [7, 11) is 1.30. The van der Waals surface area contributed by atoms with Crippen molar-refractivity contribution in [1.29, 1.82) is 0 Å². The molecular formula is C18H14ClNO3. The van der Waals surface area contributed by atoms with Gasteiger partial charge in [0.05, 0.1) is 13.5 Å². The van der Waals surface area contributed by atoms with Crippen LogP contribution in [-0.4, -0.2) is 18.1 Å². The highest BCUT2D eigenvalue weighted by atomic mass is 35.5. The Morgan fingerprint density at radius 2 is 1.91 bits per heavy atom. The van der Waals surface area contributed by atoms with E-state index in [1.54, 1.807) is 18.2 Å². The molecule has 1 aromatic heterocycles. The second kappa shape index (κ2) is 6.26. The lowest BCUT2D eigenvalue weighted by molar-refractivity contribution is -0.139. The average molecular weight is 328 g/mol. The molecule has 0 atom stereocenters. The van der Waals surface area contributed by atoms with Gasteiger partial charge in [0, 0.05) is 27.1 Å². The van der Waals surface area contributed by atoms with E-state index < -0.39 is 5.97 Å². The number of pyridine rings is 1. The highest BCUT2D eigenvalue weighted by molar-refractivity contribution is 6.31. The molecular weight excluding hydrogens is 314 g/mol. The van der Waals surface area contributed by atoms with Crippen molar-refractivity contribution in [1.82, 2.24) is 4.98 Å². The Balaban J connectivity index is 2.38. The van der Waals surface area contributed by atoms with Crippen LogP contribution in [0.4, 0.5) is 0 Å². The van der Waals surface area contributed by atoms with Gasteiger partial charge >= 0.3 is 5.97 Å². The highest BCUT2D eigenvalue weighted by Gasteiger charge is 2.17. The molecule has 0 fully saturated rings. The largest absolute Gasteiger partial charge is 0.469 e. The van der Waals surface area contributed by atoms with E-state index >= 15 is 0 Å². The molecule has 0 aliphatic rings. The topological polar surface area (TPSA) is 59.2 Å². The molecule has 3 rings (SSSR count). The summed E-state index contributed by atoms with van der Waals surface area (Å²) in [4.78, 5) is 27.0. The predicted octanol–water partition coefficient (Wildman–Crippen LogP) is 3.56. The van der Waals surface area contributed by atoms with Gasteiger partial charge in [-0.25, -0.2) is 0 Å². The molecule has 4 nitrogen and oxygen atoms in total. The van der Waals surface area contributed by atoms with E-state index in [-0.39, 0.29) is 12.0 Å². The maximum atomic E-state index is 12.5. The number of fused-ring (bicyclic) bond motifs is 1. The lowest BCUT2D eigenvalue weighted by atomic mass is 9.94. The molecule has 5 heteroatoms. The summed E-state index contributed by atoms with van der Waals surface area (Å²) in [6, 6.07) is 14.7. The van der Waals surface area contributed by atoms with Crippen molar-refractivity contribution >= 4 is 28.5 Å². The number of methoxy groups -OCH3 is 1. The average Bonchev–Trinajstić information content (AvgIpc) is 2.56. The van der Waals surface area contributed by atoms with Gasteiger partial charge in [-0.05, 0) is 23.8 Å². The Bertz CT molecular complexity index is 932. The smallest absolute Gasteiger partial charge is 0.310 e. The van der Waals surface area contributed by atoms with Crippen LogP contribution in [0.1, 0.15) is 5.56 Å². The van der Waals surface area contributed by atoms with Crippen LogP contribution in [-0.2, 0) is 16.0 Å². The van der Waals surface area contributed by atoms with Crippen molar-refractivity contribution in [2.45, 2.75) is 6.42 Å². The van der Waals surface area contributed by atoms with Crippen molar-refractivity contribution in [3.63, 3.8) is 0 Å². The van der Waals surface area contributed by atoms with Gasteiger partial charge < -0.3 is 9.72 Å². The number of esters is 1. The van der Waals surface area contributed by atoms with Gasteiger partial charge in [0.2, 0.25) is 0 Å². The number of benzene rings is 2. The van der Waals surface area contributed by atoms with Gasteiger partial charge in [0.15, 0.2) is 0 Å². The van der Waals surface area contributed by atoms with E-state index in [1.165, 1.54) is 7.11 Å². The Kier molecular flexibility index (Phi) is 4.17. The first kappa shape index (κ1) is 15.3. The van der Waals surface area contributed by atoms with Crippen LogP contribution in [0.5, 0.6) is 0 Å². The van der Waals surface area contributed by atoms with Crippen LogP contribution in [0.3, 0.4) is 0 Å². The fourth-order valence-corrected chi connectivity index (χ4v) is 2.80. The zero-order valence-electron chi connectivity index (χ0n) is 12.4. The van der Waals surface area contributed by atoms with Crippen LogP contribution in [0.2, 0.25) is 5.02 Å². The molecule has 0 saturated heterocycles. The van der Waals surface area contributed by atoms with Crippen molar-refractivity contribution in [3.8, 4) is 11.1 Å². The van der Waals surface area contributed by atoms with Crippen molar-refractivity contribution in [2.24, 2.45) is 0 Å². The number of nitrogens with one attached hydrogen (secondary N) is 1. The number of rotatable bonds is 3. The fourth-order valence-electron chi connectivity index (χ4n) is 2.63. The van der Waals surface area contributed by atoms with Crippen molar-refractivity contribution in [3.05, 3.63) is 69.5 Å². The number of carbonyl (C=O) groups excluding carboxylic acids is 1. The van der Waals surface area contributed by atoms with Crippen LogP contribution in [0.25, 0.3) is 22.0 Å². The predicted molar refractivity (Wildman–Crippen MR) is 90.7 cm³/mol. The standard InChI is InChI=1S/C18H14ClNO3/c1-23-16(21)10-14-17(11-5-3-2-4-6-11)13-9-12(19)7-8-15(13)20-18(14)22/h2-9H,10H2,1H3,(H,20,22). The second-order valence-corrected chi connectivity index (χ2v) is 5.55. The fraction of sp³-hybridized carbons (Fsp3) is 0.111. The SMILES string of the molecule is COC(=O)Cc1c(-c2ccccc2)c2cc(Cl)ccc2[nH]c1=O.